The molecule has 0 saturated carbocycles. The first kappa shape index (κ1) is 14.9. The van der Waals surface area contributed by atoms with Crippen LogP contribution in [0.1, 0.15) is 5.56 Å². The van der Waals surface area contributed by atoms with E-state index in [4.69, 9.17) is 0 Å². The van der Waals surface area contributed by atoms with E-state index in [9.17, 15) is 9.59 Å². The molecule has 2 amide bonds. The minimum absolute atomic E-state index is 0.515. The van der Waals surface area contributed by atoms with Gasteiger partial charge in [0.1, 0.15) is 0 Å². The Morgan fingerprint density at radius 2 is 2.05 bits per heavy atom. The Labute approximate surface area is 129 Å². The second-order valence-electron chi connectivity index (χ2n) is 3.95. The Morgan fingerprint density at radius 3 is 2.76 bits per heavy atom. The summed E-state index contributed by atoms with van der Waals surface area (Å²) in [7, 11) is 0. The van der Waals surface area contributed by atoms with Crippen molar-refractivity contribution in [3.05, 3.63) is 58.8 Å². The maximum Gasteiger partial charge on any atom is 0.329 e. The summed E-state index contributed by atoms with van der Waals surface area (Å²) in [5.41, 5.74) is 3.37. The highest BCUT2D eigenvalue weighted by atomic mass is 79.9. The van der Waals surface area contributed by atoms with Crippen LogP contribution in [0.3, 0.4) is 0 Å². The first-order valence-electron chi connectivity index (χ1n) is 5.95. The minimum Gasteiger partial charge on any atom is -0.318 e. The van der Waals surface area contributed by atoms with E-state index in [1.165, 1.54) is 6.21 Å². The summed E-state index contributed by atoms with van der Waals surface area (Å²) in [6.45, 7) is 0. The van der Waals surface area contributed by atoms with Crippen molar-refractivity contribution in [1.82, 2.24) is 10.4 Å². The molecule has 0 atom stereocenters. The topological polar surface area (TPSA) is 83.5 Å². The highest BCUT2D eigenvalue weighted by Crippen LogP contribution is 2.15. The first-order valence-corrected chi connectivity index (χ1v) is 6.74. The van der Waals surface area contributed by atoms with Gasteiger partial charge in [0.05, 0.1) is 6.21 Å². The molecule has 0 fully saturated rings. The summed E-state index contributed by atoms with van der Waals surface area (Å²) in [6, 6.07) is 10.4. The molecule has 2 aromatic rings. The summed E-state index contributed by atoms with van der Waals surface area (Å²) in [5, 5.41) is 6.15. The number of nitrogens with zero attached hydrogens (tertiary/aromatic N) is 2. The van der Waals surface area contributed by atoms with Crippen LogP contribution in [0.15, 0.2) is 58.4 Å². The molecule has 6 nitrogen and oxygen atoms in total. The van der Waals surface area contributed by atoms with Gasteiger partial charge in [0.25, 0.3) is 0 Å². The lowest BCUT2D eigenvalue weighted by atomic mass is 10.3. The molecule has 1 heterocycles. The fourth-order valence-corrected chi connectivity index (χ4v) is 1.82. The average molecular weight is 347 g/mol. The molecule has 7 heteroatoms. The lowest BCUT2D eigenvalue weighted by Crippen LogP contribution is -2.32. The maximum absolute atomic E-state index is 11.6. The molecule has 2 N–H and O–H groups in total. The lowest BCUT2D eigenvalue weighted by molar-refractivity contribution is -0.136. The van der Waals surface area contributed by atoms with Crippen molar-refractivity contribution in [1.29, 1.82) is 0 Å². The first-order chi connectivity index (χ1) is 10.1. The number of benzene rings is 1. The number of halogens is 1. The van der Waals surface area contributed by atoms with Crippen LogP contribution in [0.4, 0.5) is 5.69 Å². The second-order valence-corrected chi connectivity index (χ2v) is 4.87. The normalized spacial score (nSPS) is 10.3. The van der Waals surface area contributed by atoms with Crippen molar-refractivity contribution in [2.75, 3.05) is 5.32 Å². The number of hydrogen-bond acceptors (Lipinski definition) is 4. The van der Waals surface area contributed by atoms with E-state index in [0.717, 1.165) is 4.47 Å². The van der Waals surface area contributed by atoms with Crippen LogP contribution in [0.5, 0.6) is 0 Å². The largest absolute Gasteiger partial charge is 0.329 e. The molecule has 106 valence electrons. The summed E-state index contributed by atoms with van der Waals surface area (Å²) >= 11 is 3.28. The van der Waals surface area contributed by atoms with Crippen molar-refractivity contribution in [3.63, 3.8) is 0 Å². The Balaban J connectivity index is 1.88. The number of hydrazone groups is 1. The van der Waals surface area contributed by atoms with E-state index < -0.39 is 11.8 Å². The van der Waals surface area contributed by atoms with Gasteiger partial charge in [0.15, 0.2) is 0 Å². The van der Waals surface area contributed by atoms with Crippen LogP contribution in [0.2, 0.25) is 0 Å². The van der Waals surface area contributed by atoms with Crippen molar-refractivity contribution >= 4 is 39.6 Å². The Bertz CT molecular complexity index is 674. The summed E-state index contributed by atoms with van der Waals surface area (Å²) in [4.78, 5) is 27.1. The number of hydrogen-bond donors (Lipinski definition) is 2. The third kappa shape index (κ3) is 4.81. The Kier molecular flexibility index (Phi) is 5.16. The molecule has 0 aliphatic heterocycles. The molecule has 1 aromatic carbocycles. The van der Waals surface area contributed by atoms with Gasteiger partial charge in [-0.2, -0.15) is 5.10 Å². The molecule has 0 aliphatic rings. The molecule has 1 aromatic heterocycles. The minimum atomic E-state index is -0.852. The van der Waals surface area contributed by atoms with Crippen LogP contribution in [-0.4, -0.2) is 23.0 Å². The SMILES string of the molecule is O=C(N/N=C/c1cccnc1)C(=O)Nc1cccc(Br)c1. The molecular formula is C14H11BrN4O2. The summed E-state index contributed by atoms with van der Waals surface area (Å²) < 4.78 is 0.801. The molecule has 0 saturated heterocycles. The average Bonchev–Trinajstić information content (AvgIpc) is 2.48. The Hall–Kier alpha value is -2.54. The van der Waals surface area contributed by atoms with Gasteiger partial charge in [-0.25, -0.2) is 5.43 Å². The van der Waals surface area contributed by atoms with Gasteiger partial charge in [-0.3, -0.25) is 14.6 Å². The second kappa shape index (κ2) is 7.30. The van der Waals surface area contributed by atoms with Gasteiger partial charge in [0, 0.05) is 28.1 Å². The van der Waals surface area contributed by atoms with E-state index in [-0.39, 0.29) is 0 Å². The van der Waals surface area contributed by atoms with Gasteiger partial charge in [0.2, 0.25) is 0 Å². The van der Waals surface area contributed by atoms with Crippen LogP contribution in [0.25, 0.3) is 0 Å². The van der Waals surface area contributed by atoms with Crippen LogP contribution in [0, 0.1) is 0 Å². The van der Waals surface area contributed by atoms with Crippen LogP contribution in [-0.2, 0) is 9.59 Å². The third-order valence-electron chi connectivity index (χ3n) is 2.35. The quantitative estimate of drug-likeness (QED) is 0.506. The molecular weight excluding hydrogens is 336 g/mol. The van der Waals surface area contributed by atoms with Gasteiger partial charge in [-0.15, -0.1) is 0 Å². The number of aromatic nitrogens is 1. The van der Waals surface area contributed by atoms with Crippen molar-refractivity contribution in [2.24, 2.45) is 5.10 Å². The van der Waals surface area contributed by atoms with E-state index in [1.54, 1.807) is 42.7 Å². The zero-order valence-corrected chi connectivity index (χ0v) is 12.4. The number of rotatable bonds is 3. The predicted octanol–water partition coefficient (Wildman–Crippen LogP) is 1.93. The number of pyridine rings is 1. The lowest BCUT2D eigenvalue weighted by Gasteiger charge is -2.03. The van der Waals surface area contributed by atoms with Gasteiger partial charge >= 0.3 is 11.8 Å². The maximum atomic E-state index is 11.6. The fourth-order valence-electron chi connectivity index (χ4n) is 1.42. The predicted molar refractivity (Wildman–Crippen MR) is 82.7 cm³/mol. The molecule has 21 heavy (non-hydrogen) atoms. The highest BCUT2D eigenvalue weighted by Gasteiger charge is 2.12. The third-order valence-corrected chi connectivity index (χ3v) is 2.85. The van der Waals surface area contributed by atoms with Crippen LogP contribution >= 0.6 is 15.9 Å². The van der Waals surface area contributed by atoms with Crippen molar-refractivity contribution in [3.8, 4) is 0 Å². The zero-order chi connectivity index (χ0) is 15.1. The molecule has 2 rings (SSSR count). The van der Waals surface area contributed by atoms with E-state index in [0.29, 0.717) is 11.3 Å². The van der Waals surface area contributed by atoms with E-state index >= 15 is 0 Å². The smallest absolute Gasteiger partial charge is 0.318 e. The summed E-state index contributed by atoms with van der Waals surface area (Å²) in [6.07, 6.45) is 4.61. The van der Waals surface area contributed by atoms with Crippen molar-refractivity contribution < 1.29 is 9.59 Å². The molecule has 0 aliphatic carbocycles. The fraction of sp³-hybridized carbons (Fsp3) is 0. The van der Waals surface area contributed by atoms with Gasteiger partial charge in [-0.05, 0) is 24.3 Å². The van der Waals surface area contributed by atoms with Crippen molar-refractivity contribution in [2.45, 2.75) is 0 Å². The standard InChI is InChI=1S/C14H11BrN4O2/c15-11-4-1-5-12(7-11)18-13(20)14(21)19-17-9-10-3-2-6-16-8-10/h1-9H,(H,18,20)(H,19,21)/b17-9+. The highest BCUT2D eigenvalue weighted by molar-refractivity contribution is 9.10. The van der Waals surface area contributed by atoms with E-state index in [2.05, 4.69) is 36.8 Å². The monoisotopic (exact) mass is 346 g/mol. The molecule has 0 spiro atoms. The van der Waals surface area contributed by atoms with Gasteiger partial charge < -0.3 is 5.32 Å². The number of carbonyl (C=O) groups is 2. The van der Waals surface area contributed by atoms with E-state index in [1.807, 2.05) is 6.07 Å². The number of amides is 2. The molecule has 0 unspecified atom stereocenters. The molecule has 0 bridgehead atoms. The van der Waals surface area contributed by atoms with Gasteiger partial charge in [-0.1, -0.05) is 28.1 Å². The summed E-state index contributed by atoms with van der Waals surface area (Å²) in [5.74, 6) is -1.65. The van der Waals surface area contributed by atoms with Crippen LogP contribution < -0.4 is 10.7 Å². The Morgan fingerprint density at radius 1 is 1.19 bits per heavy atom. The number of anilines is 1. The number of nitrogens with one attached hydrogen (secondary N) is 2. The molecule has 0 radical (unpaired) electrons. The number of carbonyl (C=O) groups excluding carboxylic acids is 2. The zero-order valence-electron chi connectivity index (χ0n) is 10.8.